The minimum Gasteiger partial charge on any atom is -0.394 e. The molecule has 0 radical (unpaired) electrons. The van der Waals surface area contributed by atoms with Crippen LogP contribution in [0, 0.1) is 11.8 Å². The van der Waals surface area contributed by atoms with E-state index in [1.165, 1.54) is 0 Å². The number of anilines is 1. The summed E-state index contributed by atoms with van der Waals surface area (Å²) in [6.07, 6.45) is 1.54. The Bertz CT molecular complexity index is 397. The summed E-state index contributed by atoms with van der Waals surface area (Å²) >= 11 is 0. The number of nitrogens with two attached hydrogens (primary N) is 1. The summed E-state index contributed by atoms with van der Waals surface area (Å²) in [5.41, 5.74) is 6.03. The number of nitrogens with one attached hydrogen (secondary N) is 2. The largest absolute Gasteiger partial charge is 0.394 e. The molecule has 0 aliphatic carbocycles. The third-order valence-electron chi connectivity index (χ3n) is 1.43. The zero-order valence-corrected chi connectivity index (χ0v) is 7.35. The minimum absolute atomic E-state index is 0.191. The first-order valence-electron chi connectivity index (χ1n) is 3.85. The predicted octanol–water partition coefficient (Wildman–Crippen LogP) is -0.472. The number of aromatic amines is 1. The van der Waals surface area contributed by atoms with Crippen molar-refractivity contribution in [2.45, 2.75) is 0 Å². The molecule has 1 aromatic rings. The third-order valence-corrected chi connectivity index (χ3v) is 1.43. The quantitative estimate of drug-likeness (QED) is 0.508. The topological polar surface area (TPSA) is 70.9 Å². The normalized spacial score (nSPS) is 9.00. The zero-order chi connectivity index (χ0) is 9.68. The van der Waals surface area contributed by atoms with Crippen LogP contribution in [0.3, 0.4) is 0 Å². The molecule has 0 bridgehead atoms. The van der Waals surface area contributed by atoms with Gasteiger partial charge in [0.1, 0.15) is 0 Å². The van der Waals surface area contributed by atoms with Crippen LogP contribution >= 0.6 is 0 Å². The highest BCUT2D eigenvalue weighted by Gasteiger charge is 1.92. The predicted molar refractivity (Wildman–Crippen MR) is 52.3 cm³/mol. The van der Waals surface area contributed by atoms with Gasteiger partial charge in [0.15, 0.2) is 0 Å². The van der Waals surface area contributed by atoms with Crippen molar-refractivity contribution >= 4 is 5.69 Å². The summed E-state index contributed by atoms with van der Waals surface area (Å²) in [6.45, 7) is 0.610. The molecule has 4 heteroatoms. The van der Waals surface area contributed by atoms with Crippen LogP contribution in [0.2, 0.25) is 0 Å². The lowest BCUT2D eigenvalue weighted by Gasteiger charge is -1.92. The van der Waals surface area contributed by atoms with Crippen LogP contribution in [0.15, 0.2) is 17.1 Å². The first-order valence-corrected chi connectivity index (χ1v) is 3.85. The Hall–Kier alpha value is -1.73. The molecule has 4 nitrogen and oxygen atoms in total. The molecular weight excluding hydrogens is 166 g/mol. The summed E-state index contributed by atoms with van der Waals surface area (Å²) < 4.78 is 0. The maximum atomic E-state index is 10.9. The highest BCUT2D eigenvalue weighted by Crippen LogP contribution is 1.96. The fraction of sp³-hybridized carbons (Fsp3) is 0.222. The number of pyridine rings is 1. The van der Waals surface area contributed by atoms with Crippen LogP contribution in [0.4, 0.5) is 5.69 Å². The van der Waals surface area contributed by atoms with Gasteiger partial charge in [0.05, 0.1) is 12.2 Å². The lowest BCUT2D eigenvalue weighted by molar-refractivity contribution is 0.938. The summed E-state index contributed by atoms with van der Waals surface area (Å²) in [4.78, 5) is 13.4. The highest BCUT2D eigenvalue weighted by molar-refractivity contribution is 5.44. The van der Waals surface area contributed by atoms with Crippen molar-refractivity contribution < 1.29 is 0 Å². The van der Waals surface area contributed by atoms with Gasteiger partial charge in [0.2, 0.25) is 0 Å². The van der Waals surface area contributed by atoms with Crippen LogP contribution < -0.4 is 16.6 Å². The van der Waals surface area contributed by atoms with Crippen molar-refractivity contribution in [1.29, 1.82) is 0 Å². The Balaban J connectivity index is 2.87. The van der Waals surface area contributed by atoms with Crippen LogP contribution in [0.5, 0.6) is 0 Å². The number of rotatable bonds is 1. The van der Waals surface area contributed by atoms with Crippen molar-refractivity contribution in [3.05, 3.63) is 28.2 Å². The fourth-order valence-electron chi connectivity index (χ4n) is 0.808. The standard InChI is InChI=1S/C9H11N3O/c1-11-4-2-3-7-5-8(10)9(13)12-6-7/h5-6,11H,4,10H2,1H3,(H,12,13). The van der Waals surface area contributed by atoms with Crippen molar-refractivity contribution in [3.8, 4) is 11.8 Å². The van der Waals surface area contributed by atoms with E-state index >= 15 is 0 Å². The van der Waals surface area contributed by atoms with Crippen LogP contribution in [-0.4, -0.2) is 18.6 Å². The Morgan fingerprint density at radius 1 is 1.69 bits per heavy atom. The molecule has 1 heterocycles. The van der Waals surface area contributed by atoms with E-state index in [-0.39, 0.29) is 11.2 Å². The molecule has 0 saturated carbocycles. The maximum Gasteiger partial charge on any atom is 0.271 e. The van der Waals surface area contributed by atoms with Gasteiger partial charge in [-0.05, 0) is 13.1 Å². The second kappa shape index (κ2) is 4.33. The van der Waals surface area contributed by atoms with Crippen LogP contribution in [-0.2, 0) is 0 Å². The van der Waals surface area contributed by atoms with Crippen molar-refractivity contribution in [3.63, 3.8) is 0 Å². The Morgan fingerprint density at radius 2 is 2.46 bits per heavy atom. The van der Waals surface area contributed by atoms with E-state index < -0.39 is 0 Å². The minimum atomic E-state index is -0.279. The van der Waals surface area contributed by atoms with E-state index in [2.05, 4.69) is 22.1 Å². The molecule has 0 aliphatic heterocycles. The molecule has 1 rings (SSSR count). The van der Waals surface area contributed by atoms with Gasteiger partial charge < -0.3 is 16.0 Å². The first-order chi connectivity index (χ1) is 6.24. The monoisotopic (exact) mass is 177 g/mol. The highest BCUT2D eigenvalue weighted by atomic mass is 16.1. The average Bonchev–Trinajstić information content (AvgIpc) is 2.12. The Morgan fingerprint density at radius 3 is 3.08 bits per heavy atom. The van der Waals surface area contributed by atoms with Crippen molar-refractivity contribution in [2.24, 2.45) is 0 Å². The van der Waals surface area contributed by atoms with Gasteiger partial charge in [-0.2, -0.15) is 0 Å². The number of hydrogen-bond donors (Lipinski definition) is 3. The number of H-pyrrole nitrogens is 1. The molecule has 13 heavy (non-hydrogen) atoms. The van der Waals surface area contributed by atoms with Gasteiger partial charge in [-0.1, -0.05) is 11.8 Å². The number of aromatic nitrogens is 1. The molecule has 0 amide bonds. The molecule has 0 unspecified atom stereocenters. The van der Waals surface area contributed by atoms with Gasteiger partial charge in [-0.25, -0.2) is 0 Å². The summed E-state index contributed by atoms with van der Waals surface area (Å²) in [5.74, 6) is 5.71. The molecule has 0 aromatic carbocycles. The number of nitrogen functional groups attached to an aromatic ring is 1. The SMILES string of the molecule is CNCC#Cc1c[nH]c(=O)c(N)c1. The second-order valence-corrected chi connectivity index (χ2v) is 2.50. The summed E-state index contributed by atoms with van der Waals surface area (Å²) in [5, 5.41) is 2.89. The summed E-state index contributed by atoms with van der Waals surface area (Å²) in [7, 11) is 1.82. The third kappa shape index (κ3) is 2.65. The molecule has 1 aromatic heterocycles. The smallest absolute Gasteiger partial charge is 0.271 e. The molecule has 0 fully saturated rings. The molecule has 0 aliphatic rings. The van der Waals surface area contributed by atoms with Gasteiger partial charge in [0.25, 0.3) is 5.56 Å². The van der Waals surface area contributed by atoms with Crippen molar-refractivity contribution in [2.75, 3.05) is 19.3 Å². The molecule has 4 N–H and O–H groups in total. The summed E-state index contributed by atoms with van der Waals surface area (Å²) in [6, 6.07) is 1.56. The lowest BCUT2D eigenvalue weighted by atomic mass is 10.2. The second-order valence-electron chi connectivity index (χ2n) is 2.50. The molecule has 68 valence electrons. The van der Waals surface area contributed by atoms with Gasteiger partial charge in [-0.15, -0.1) is 0 Å². The molecular formula is C9H11N3O. The van der Waals surface area contributed by atoms with E-state index in [1.54, 1.807) is 12.3 Å². The van der Waals surface area contributed by atoms with E-state index in [9.17, 15) is 4.79 Å². The molecule has 0 spiro atoms. The van der Waals surface area contributed by atoms with Crippen molar-refractivity contribution in [1.82, 2.24) is 10.3 Å². The van der Waals surface area contributed by atoms with E-state index in [0.29, 0.717) is 12.1 Å². The Labute approximate surface area is 76.2 Å². The molecule has 0 saturated heterocycles. The van der Waals surface area contributed by atoms with Crippen LogP contribution in [0.25, 0.3) is 0 Å². The van der Waals surface area contributed by atoms with Crippen LogP contribution in [0.1, 0.15) is 5.56 Å². The average molecular weight is 177 g/mol. The lowest BCUT2D eigenvalue weighted by Crippen LogP contribution is -2.10. The van der Waals surface area contributed by atoms with E-state index in [0.717, 1.165) is 0 Å². The van der Waals surface area contributed by atoms with Gasteiger partial charge >= 0.3 is 0 Å². The Kier molecular flexibility index (Phi) is 3.12. The van der Waals surface area contributed by atoms with E-state index in [1.807, 2.05) is 7.05 Å². The first kappa shape index (κ1) is 9.36. The van der Waals surface area contributed by atoms with E-state index in [4.69, 9.17) is 5.73 Å². The fourth-order valence-corrected chi connectivity index (χ4v) is 0.808. The zero-order valence-electron chi connectivity index (χ0n) is 7.35. The molecule has 0 atom stereocenters. The van der Waals surface area contributed by atoms with Gasteiger partial charge in [-0.3, -0.25) is 4.79 Å². The number of hydrogen-bond acceptors (Lipinski definition) is 3. The van der Waals surface area contributed by atoms with Gasteiger partial charge in [0, 0.05) is 11.8 Å². The maximum absolute atomic E-state index is 10.9.